The predicted octanol–water partition coefficient (Wildman–Crippen LogP) is 1.12. The smallest absolute Gasteiger partial charge is 0.307 e. The van der Waals surface area contributed by atoms with Gasteiger partial charge < -0.3 is 10.4 Å². The maximum absolute atomic E-state index is 11.8. The molecule has 0 aromatic heterocycles. The van der Waals surface area contributed by atoms with E-state index in [2.05, 4.69) is 12.2 Å². The van der Waals surface area contributed by atoms with Crippen LogP contribution in [0.2, 0.25) is 0 Å². The summed E-state index contributed by atoms with van der Waals surface area (Å²) in [5.74, 6) is -0.485. The molecule has 0 radical (unpaired) electrons. The second kappa shape index (κ2) is 3.47. The van der Waals surface area contributed by atoms with Crippen LogP contribution < -0.4 is 5.32 Å². The lowest BCUT2D eigenvalue weighted by atomic mass is 10.1. The van der Waals surface area contributed by atoms with E-state index < -0.39 is 11.9 Å². The first-order valence-electron chi connectivity index (χ1n) is 5.86. The molecule has 0 aromatic carbocycles. The third-order valence-corrected chi connectivity index (χ3v) is 4.19. The number of amides is 1. The molecule has 2 fully saturated rings. The van der Waals surface area contributed by atoms with Crippen LogP contribution in [-0.4, -0.2) is 23.5 Å². The van der Waals surface area contributed by atoms with Gasteiger partial charge in [0, 0.05) is 6.54 Å². The molecule has 16 heavy (non-hydrogen) atoms. The number of carbonyl (C=O) groups excluding carboxylic acids is 1. The fourth-order valence-electron chi connectivity index (χ4n) is 2.61. The van der Waals surface area contributed by atoms with Gasteiger partial charge >= 0.3 is 5.97 Å². The maximum atomic E-state index is 11.8. The van der Waals surface area contributed by atoms with Gasteiger partial charge in [0.05, 0.1) is 11.8 Å². The quantitative estimate of drug-likeness (QED) is 0.753. The van der Waals surface area contributed by atoms with Crippen molar-refractivity contribution < 1.29 is 14.7 Å². The van der Waals surface area contributed by atoms with E-state index in [-0.39, 0.29) is 17.2 Å². The van der Waals surface area contributed by atoms with Gasteiger partial charge in [0.1, 0.15) is 0 Å². The van der Waals surface area contributed by atoms with Crippen LogP contribution in [0.15, 0.2) is 0 Å². The van der Waals surface area contributed by atoms with Crippen LogP contribution in [0.3, 0.4) is 0 Å². The minimum absolute atomic E-state index is 0.0866. The lowest BCUT2D eigenvalue weighted by Crippen LogP contribution is -2.29. The lowest BCUT2D eigenvalue weighted by Gasteiger charge is -2.04. The summed E-state index contributed by atoms with van der Waals surface area (Å²) in [7, 11) is 0. The molecule has 2 N–H and O–H groups in total. The minimum Gasteiger partial charge on any atom is -0.481 e. The van der Waals surface area contributed by atoms with E-state index in [0.717, 1.165) is 0 Å². The first-order chi connectivity index (χ1) is 7.35. The van der Waals surface area contributed by atoms with Crippen molar-refractivity contribution in [2.24, 2.45) is 29.1 Å². The van der Waals surface area contributed by atoms with Crippen LogP contribution in [0.1, 0.15) is 27.2 Å². The first kappa shape index (κ1) is 11.4. The number of hydrogen-bond acceptors (Lipinski definition) is 2. The van der Waals surface area contributed by atoms with Crippen LogP contribution >= 0.6 is 0 Å². The molecule has 1 amide bonds. The number of carbonyl (C=O) groups is 2. The normalized spacial score (nSPS) is 38.9. The molecule has 4 heteroatoms. The van der Waals surface area contributed by atoms with E-state index in [1.165, 1.54) is 6.42 Å². The average molecular weight is 225 g/mol. The van der Waals surface area contributed by atoms with E-state index in [4.69, 9.17) is 5.11 Å². The number of hydrogen-bond donors (Lipinski definition) is 2. The standard InChI is InChI=1S/C12H19NO3/c1-6-4-7(6)5-13-10(14)8-9(11(15)16)12(8,2)3/h6-9H,4-5H2,1-3H3,(H,13,14)(H,15,16). The van der Waals surface area contributed by atoms with E-state index in [1.54, 1.807) is 0 Å². The number of carboxylic acid groups (broad SMARTS) is 1. The number of aliphatic carboxylic acids is 1. The Bertz CT molecular complexity index is 337. The van der Waals surface area contributed by atoms with Crippen molar-refractivity contribution >= 4 is 11.9 Å². The molecule has 0 aliphatic heterocycles. The van der Waals surface area contributed by atoms with E-state index in [1.807, 2.05) is 13.8 Å². The van der Waals surface area contributed by atoms with Crippen molar-refractivity contribution in [3.63, 3.8) is 0 Å². The number of carboxylic acids is 1. The fourth-order valence-corrected chi connectivity index (χ4v) is 2.61. The van der Waals surface area contributed by atoms with Gasteiger partial charge in [-0.15, -0.1) is 0 Å². The van der Waals surface area contributed by atoms with E-state index in [0.29, 0.717) is 18.4 Å². The number of nitrogens with one attached hydrogen (secondary N) is 1. The SMILES string of the molecule is CC1CC1CNC(=O)C1C(C(=O)O)C1(C)C. The molecule has 0 bridgehead atoms. The van der Waals surface area contributed by atoms with E-state index >= 15 is 0 Å². The monoisotopic (exact) mass is 225 g/mol. The fraction of sp³-hybridized carbons (Fsp3) is 0.833. The highest BCUT2D eigenvalue weighted by molar-refractivity contribution is 5.91. The van der Waals surface area contributed by atoms with Crippen LogP contribution in [-0.2, 0) is 9.59 Å². The first-order valence-corrected chi connectivity index (χ1v) is 5.86. The lowest BCUT2D eigenvalue weighted by molar-refractivity contribution is -0.140. The highest BCUT2D eigenvalue weighted by Gasteiger charge is 2.65. The van der Waals surface area contributed by atoms with E-state index in [9.17, 15) is 9.59 Å². The molecular formula is C12H19NO3. The van der Waals surface area contributed by atoms with Crippen molar-refractivity contribution in [2.75, 3.05) is 6.54 Å². The summed E-state index contributed by atoms with van der Waals surface area (Å²) in [6.45, 7) is 6.56. The zero-order valence-corrected chi connectivity index (χ0v) is 9.99. The molecule has 0 aromatic rings. The third-order valence-electron chi connectivity index (χ3n) is 4.19. The van der Waals surface area contributed by atoms with Crippen molar-refractivity contribution in [3.05, 3.63) is 0 Å². The van der Waals surface area contributed by atoms with Crippen molar-refractivity contribution in [1.82, 2.24) is 5.32 Å². The second-order valence-electron chi connectivity index (χ2n) is 5.83. The Labute approximate surface area is 95.4 Å². The molecule has 2 aliphatic rings. The molecule has 4 nitrogen and oxygen atoms in total. The van der Waals surface area contributed by atoms with Crippen LogP contribution in [0.4, 0.5) is 0 Å². The van der Waals surface area contributed by atoms with Gasteiger partial charge in [-0.1, -0.05) is 20.8 Å². The Balaban J connectivity index is 1.84. The topological polar surface area (TPSA) is 66.4 Å². The van der Waals surface area contributed by atoms with Crippen LogP contribution in [0.25, 0.3) is 0 Å². The van der Waals surface area contributed by atoms with Crippen molar-refractivity contribution in [1.29, 1.82) is 0 Å². The zero-order chi connectivity index (χ0) is 12.1. The Kier molecular flexibility index (Phi) is 2.48. The average Bonchev–Trinajstić information content (AvgIpc) is 2.99. The predicted molar refractivity (Wildman–Crippen MR) is 58.7 cm³/mol. The molecular weight excluding hydrogens is 206 g/mol. The highest BCUT2D eigenvalue weighted by atomic mass is 16.4. The zero-order valence-electron chi connectivity index (χ0n) is 9.99. The van der Waals surface area contributed by atoms with Crippen molar-refractivity contribution in [3.8, 4) is 0 Å². The molecule has 0 heterocycles. The minimum atomic E-state index is -0.857. The summed E-state index contributed by atoms with van der Waals surface area (Å²) in [5.41, 5.74) is -0.384. The molecule has 0 saturated heterocycles. The Morgan fingerprint density at radius 1 is 1.38 bits per heavy atom. The maximum Gasteiger partial charge on any atom is 0.307 e. The summed E-state index contributed by atoms with van der Waals surface area (Å²) in [5, 5.41) is 11.8. The van der Waals surface area contributed by atoms with Gasteiger partial charge in [0.25, 0.3) is 0 Å². The molecule has 2 rings (SSSR count). The van der Waals surface area contributed by atoms with Gasteiger partial charge in [-0.05, 0) is 23.7 Å². The molecule has 2 saturated carbocycles. The Morgan fingerprint density at radius 2 is 1.94 bits per heavy atom. The molecule has 2 aliphatic carbocycles. The van der Waals surface area contributed by atoms with Gasteiger partial charge in [-0.3, -0.25) is 9.59 Å². The van der Waals surface area contributed by atoms with Gasteiger partial charge in [0.15, 0.2) is 0 Å². The number of rotatable bonds is 4. The molecule has 90 valence electrons. The Morgan fingerprint density at radius 3 is 2.31 bits per heavy atom. The molecule has 4 atom stereocenters. The summed E-state index contributed by atoms with van der Waals surface area (Å²) >= 11 is 0. The summed E-state index contributed by atoms with van der Waals surface area (Å²) in [6.07, 6.45) is 1.18. The van der Waals surface area contributed by atoms with Crippen LogP contribution in [0, 0.1) is 29.1 Å². The highest BCUT2D eigenvalue weighted by Crippen LogP contribution is 2.58. The largest absolute Gasteiger partial charge is 0.481 e. The van der Waals surface area contributed by atoms with Crippen molar-refractivity contribution in [2.45, 2.75) is 27.2 Å². The summed E-state index contributed by atoms with van der Waals surface area (Å²) < 4.78 is 0. The van der Waals surface area contributed by atoms with Gasteiger partial charge in [-0.2, -0.15) is 0 Å². The van der Waals surface area contributed by atoms with Gasteiger partial charge in [-0.25, -0.2) is 0 Å². The summed E-state index contributed by atoms with van der Waals surface area (Å²) in [4.78, 5) is 22.7. The van der Waals surface area contributed by atoms with Crippen LogP contribution in [0.5, 0.6) is 0 Å². The second-order valence-corrected chi connectivity index (χ2v) is 5.83. The third kappa shape index (κ3) is 1.81. The van der Waals surface area contributed by atoms with Gasteiger partial charge in [0.2, 0.25) is 5.91 Å². The Hall–Kier alpha value is -1.06. The molecule has 0 spiro atoms. The summed E-state index contributed by atoms with van der Waals surface area (Å²) in [6, 6.07) is 0. The molecule has 4 unspecified atom stereocenters.